The summed E-state index contributed by atoms with van der Waals surface area (Å²) in [6, 6.07) is 17.1. The van der Waals surface area contributed by atoms with Crippen LogP contribution >= 0.6 is 0 Å². The fraction of sp³-hybridized carbons (Fsp3) is 0.259. The van der Waals surface area contributed by atoms with Gasteiger partial charge in [-0.1, -0.05) is 25.5 Å². The van der Waals surface area contributed by atoms with E-state index in [0.717, 1.165) is 46.3 Å². The standard InChI is InChI=1S/C27H28N2O3/c1-5-6-12-31-22-9-7-8-20(15-22)26(30)28-23-16-21(11-10-17(23)2)27-29-24-13-18(3)19(4)14-25(24)32-27/h7-11,13-16H,5-6,12H2,1-4H3,(H,28,30). The van der Waals surface area contributed by atoms with Crippen molar-refractivity contribution in [1.82, 2.24) is 4.98 Å². The number of fused-ring (bicyclic) bond motifs is 1. The molecule has 1 amide bonds. The molecular formula is C27H28N2O3. The molecule has 164 valence electrons. The molecule has 0 unspecified atom stereocenters. The second-order valence-corrected chi connectivity index (χ2v) is 8.14. The van der Waals surface area contributed by atoms with Crippen LogP contribution in [0.4, 0.5) is 5.69 Å². The summed E-state index contributed by atoms with van der Waals surface area (Å²) in [4.78, 5) is 17.6. The number of nitrogens with zero attached hydrogens (tertiary/aromatic N) is 1. The second-order valence-electron chi connectivity index (χ2n) is 8.14. The summed E-state index contributed by atoms with van der Waals surface area (Å²) < 4.78 is 11.7. The first kappa shape index (κ1) is 21.6. The number of nitrogens with one attached hydrogen (secondary N) is 1. The lowest BCUT2D eigenvalue weighted by Gasteiger charge is -2.11. The summed E-state index contributed by atoms with van der Waals surface area (Å²) in [5.41, 5.74) is 6.97. The molecule has 5 heteroatoms. The lowest BCUT2D eigenvalue weighted by molar-refractivity contribution is 0.102. The van der Waals surface area contributed by atoms with Gasteiger partial charge in [-0.25, -0.2) is 4.98 Å². The monoisotopic (exact) mass is 428 g/mol. The largest absolute Gasteiger partial charge is 0.494 e. The minimum Gasteiger partial charge on any atom is -0.494 e. The number of hydrogen-bond acceptors (Lipinski definition) is 4. The maximum absolute atomic E-state index is 12.9. The number of rotatable bonds is 7. The Bertz CT molecular complexity index is 1230. The molecule has 0 aliphatic heterocycles. The van der Waals surface area contributed by atoms with Gasteiger partial charge in [0, 0.05) is 16.8 Å². The predicted molar refractivity (Wildman–Crippen MR) is 128 cm³/mol. The third kappa shape index (κ3) is 4.67. The van der Waals surface area contributed by atoms with Crippen LogP contribution in [0.5, 0.6) is 5.75 Å². The molecule has 0 spiro atoms. The second kappa shape index (κ2) is 9.27. The van der Waals surface area contributed by atoms with Crippen LogP contribution in [-0.4, -0.2) is 17.5 Å². The molecule has 0 radical (unpaired) electrons. The van der Waals surface area contributed by atoms with E-state index in [1.165, 1.54) is 5.56 Å². The number of ether oxygens (including phenoxy) is 1. The number of hydrogen-bond donors (Lipinski definition) is 1. The molecule has 1 aromatic heterocycles. The number of carbonyl (C=O) groups excluding carboxylic acids is 1. The smallest absolute Gasteiger partial charge is 0.255 e. The third-order valence-electron chi connectivity index (χ3n) is 5.60. The summed E-state index contributed by atoms with van der Waals surface area (Å²) in [5, 5.41) is 3.02. The van der Waals surface area contributed by atoms with E-state index in [4.69, 9.17) is 9.15 Å². The molecule has 0 fully saturated rings. The molecule has 1 heterocycles. The van der Waals surface area contributed by atoms with Crippen LogP contribution in [-0.2, 0) is 0 Å². The van der Waals surface area contributed by atoms with Gasteiger partial charge in [0.05, 0.1) is 6.61 Å². The van der Waals surface area contributed by atoms with Gasteiger partial charge in [0.15, 0.2) is 5.58 Å². The minimum absolute atomic E-state index is 0.185. The van der Waals surface area contributed by atoms with Crippen LogP contribution in [0.15, 0.2) is 59.0 Å². The molecule has 0 bridgehead atoms. The van der Waals surface area contributed by atoms with Crippen LogP contribution in [0.1, 0.15) is 46.8 Å². The molecule has 0 aliphatic carbocycles. The van der Waals surface area contributed by atoms with Crippen LogP contribution in [0.2, 0.25) is 0 Å². The number of carbonyl (C=O) groups is 1. The van der Waals surface area contributed by atoms with Crippen LogP contribution in [0, 0.1) is 20.8 Å². The van der Waals surface area contributed by atoms with Gasteiger partial charge in [0.25, 0.3) is 5.91 Å². The van der Waals surface area contributed by atoms with Crippen molar-refractivity contribution in [2.75, 3.05) is 11.9 Å². The Morgan fingerprint density at radius 2 is 1.81 bits per heavy atom. The fourth-order valence-electron chi connectivity index (χ4n) is 3.45. The molecule has 0 atom stereocenters. The van der Waals surface area contributed by atoms with Crippen molar-refractivity contribution < 1.29 is 13.9 Å². The van der Waals surface area contributed by atoms with E-state index >= 15 is 0 Å². The Morgan fingerprint density at radius 1 is 1.00 bits per heavy atom. The van der Waals surface area contributed by atoms with Crippen molar-refractivity contribution in [2.24, 2.45) is 0 Å². The van der Waals surface area contributed by atoms with E-state index in [2.05, 4.69) is 31.1 Å². The van der Waals surface area contributed by atoms with Crippen molar-refractivity contribution in [3.63, 3.8) is 0 Å². The van der Waals surface area contributed by atoms with E-state index in [0.29, 0.717) is 23.8 Å². The van der Waals surface area contributed by atoms with E-state index in [1.54, 1.807) is 12.1 Å². The highest BCUT2D eigenvalue weighted by Gasteiger charge is 2.14. The molecule has 4 aromatic rings. The Balaban J connectivity index is 1.57. The van der Waals surface area contributed by atoms with E-state index < -0.39 is 0 Å². The van der Waals surface area contributed by atoms with Crippen molar-refractivity contribution in [3.8, 4) is 17.2 Å². The highest BCUT2D eigenvalue weighted by molar-refractivity contribution is 6.05. The lowest BCUT2D eigenvalue weighted by Crippen LogP contribution is -2.13. The molecule has 3 aromatic carbocycles. The lowest BCUT2D eigenvalue weighted by atomic mass is 10.1. The van der Waals surface area contributed by atoms with Gasteiger partial charge in [0.1, 0.15) is 11.3 Å². The molecular weight excluding hydrogens is 400 g/mol. The molecule has 5 nitrogen and oxygen atoms in total. The Hall–Kier alpha value is -3.60. The third-order valence-corrected chi connectivity index (χ3v) is 5.60. The summed E-state index contributed by atoms with van der Waals surface area (Å²) in [6.45, 7) is 8.84. The number of unbranched alkanes of at least 4 members (excludes halogenated alkanes) is 1. The van der Waals surface area contributed by atoms with Crippen LogP contribution < -0.4 is 10.1 Å². The van der Waals surface area contributed by atoms with E-state index in [1.807, 2.05) is 49.4 Å². The first-order valence-corrected chi connectivity index (χ1v) is 11.0. The van der Waals surface area contributed by atoms with Crippen molar-refractivity contribution in [3.05, 3.63) is 76.9 Å². The Labute approximate surface area is 188 Å². The van der Waals surface area contributed by atoms with Crippen molar-refractivity contribution in [2.45, 2.75) is 40.5 Å². The topological polar surface area (TPSA) is 64.4 Å². The highest BCUT2D eigenvalue weighted by Crippen LogP contribution is 2.29. The van der Waals surface area contributed by atoms with E-state index in [9.17, 15) is 4.79 Å². The highest BCUT2D eigenvalue weighted by atomic mass is 16.5. The molecule has 32 heavy (non-hydrogen) atoms. The number of aryl methyl sites for hydroxylation is 3. The maximum atomic E-state index is 12.9. The van der Waals surface area contributed by atoms with Gasteiger partial charge >= 0.3 is 0 Å². The zero-order chi connectivity index (χ0) is 22.7. The van der Waals surface area contributed by atoms with Gasteiger partial charge in [-0.3, -0.25) is 4.79 Å². The number of amides is 1. The molecule has 4 rings (SSSR count). The zero-order valence-corrected chi connectivity index (χ0v) is 19.0. The minimum atomic E-state index is -0.185. The van der Waals surface area contributed by atoms with Crippen molar-refractivity contribution >= 4 is 22.7 Å². The maximum Gasteiger partial charge on any atom is 0.255 e. The summed E-state index contributed by atoms with van der Waals surface area (Å²) in [6.07, 6.45) is 2.05. The normalized spacial score (nSPS) is 11.0. The number of benzene rings is 3. The van der Waals surface area contributed by atoms with Crippen LogP contribution in [0.3, 0.4) is 0 Å². The van der Waals surface area contributed by atoms with Gasteiger partial charge in [-0.05, 0) is 86.3 Å². The number of oxazole rings is 1. The first-order chi connectivity index (χ1) is 15.4. The Morgan fingerprint density at radius 3 is 2.62 bits per heavy atom. The number of aromatic nitrogens is 1. The quantitative estimate of drug-likeness (QED) is 0.327. The van der Waals surface area contributed by atoms with Crippen molar-refractivity contribution in [1.29, 1.82) is 0 Å². The van der Waals surface area contributed by atoms with Gasteiger partial charge in [-0.2, -0.15) is 0 Å². The van der Waals surface area contributed by atoms with Gasteiger partial charge < -0.3 is 14.5 Å². The summed E-state index contributed by atoms with van der Waals surface area (Å²) in [7, 11) is 0. The molecule has 0 saturated carbocycles. The average Bonchev–Trinajstić information content (AvgIpc) is 3.18. The average molecular weight is 429 g/mol. The van der Waals surface area contributed by atoms with E-state index in [-0.39, 0.29) is 5.91 Å². The summed E-state index contributed by atoms with van der Waals surface area (Å²) >= 11 is 0. The molecule has 1 N–H and O–H groups in total. The SMILES string of the molecule is CCCCOc1cccc(C(=O)Nc2cc(-c3nc4cc(C)c(C)cc4o3)ccc2C)c1. The van der Waals surface area contributed by atoms with Gasteiger partial charge in [0.2, 0.25) is 5.89 Å². The molecule has 0 aliphatic rings. The Kier molecular flexibility index (Phi) is 6.26. The summed E-state index contributed by atoms with van der Waals surface area (Å²) in [5.74, 6) is 1.05. The molecule has 0 saturated heterocycles. The fourth-order valence-corrected chi connectivity index (χ4v) is 3.45. The van der Waals surface area contributed by atoms with Gasteiger partial charge in [-0.15, -0.1) is 0 Å². The number of anilines is 1. The predicted octanol–water partition coefficient (Wildman–Crippen LogP) is 6.85. The zero-order valence-electron chi connectivity index (χ0n) is 19.0. The first-order valence-electron chi connectivity index (χ1n) is 11.0. The van der Waals surface area contributed by atoms with Crippen LogP contribution in [0.25, 0.3) is 22.6 Å².